The van der Waals surface area contributed by atoms with Crippen LogP contribution in [0.2, 0.25) is 0 Å². The summed E-state index contributed by atoms with van der Waals surface area (Å²) in [6.45, 7) is 0. The van der Waals surface area contributed by atoms with E-state index in [2.05, 4.69) is 0 Å². The Hall–Kier alpha value is 0.764. The predicted molar refractivity (Wildman–Crippen MR) is 9.15 cm³/mol. The Morgan fingerprint density at radius 1 is 1.25 bits per heavy atom. The molecule has 2 nitrogen and oxygen atoms in total. The first-order chi connectivity index (χ1) is 1.41. The Morgan fingerprint density at radius 3 is 1.25 bits per heavy atom. The Bertz CT molecular complexity index is 6.00. The smallest absolute Gasteiger partial charge is 0.811 e. The van der Waals surface area contributed by atoms with E-state index in [9.17, 15) is 0 Å². The van der Waals surface area contributed by atoms with E-state index in [0.29, 0.717) is 0 Å². The van der Waals surface area contributed by atoms with Crippen LogP contribution in [0.1, 0.15) is 0 Å². The molecule has 0 radical (unpaired) electrons. The molecule has 0 heterocycles. The van der Waals surface area contributed by atoms with E-state index in [0.717, 1.165) is 0 Å². The van der Waals surface area contributed by atoms with Crippen molar-refractivity contribution >= 4 is 12.3 Å². The van der Waals surface area contributed by atoms with Gasteiger partial charge in [-0.15, -0.1) is 0 Å². The normalized spacial score (nSPS) is 4.50. The Labute approximate surface area is 38.6 Å². The van der Waals surface area contributed by atoms with E-state index < -0.39 is 12.3 Å². The molecule has 0 saturated carbocycles. The van der Waals surface area contributed by atoms with Gasteiger partial charge >= 0.3 is 16.5 Å². The van der Waals surface area contributed by atoms with Gasteiger partial charge in [-0.2, -0.15) is 0 Å². The Balaban J connectivity index is 0. The van der Waals surface area contributed by atoms with Crippen LogP contribution in [0.15, 0.2) is 0 Å². The van der Waals surface area contributed by atoms with Crippen LogP contribution in [0.4, 0.5) is 0 Å². The summed E-state index contributed by atoms with van der Waals surface area (Å²) in [5.41, 5.74) is 0. The molecule has 0 unspecified atom stereocenters. The monoisotopic (exact) mass is 122 g/mol. The predicted octanol–water partition coefficient (Wildman–Crippen LogP) is -0.0221. The average molecular weight is 123 g/mol. The molecule has 0 bridgehead atoms. The molecular formula is NiO2S. The number of rotatable bonds is 0. The third-order valence-electron chi connectivity index (χ3n) is 0. The quantitative estimate of drug-likeness (QED) is 0.335. The summed E-state index contributed by atoms with van der Waals surface area (Å²) >= 11 is -0.750. The van der Waals surface area contributed by atoms with E-state index in [-0.39, 0.29) is 16.5 Å². The fraction of sp³-hybridized carbons (Fsp3) is 0. The summed E-state index contributed by atoms with van der Waals surface area (Å²) in [6, 6.07) is 0. The van der Waals surface area contributed by atoms with Crippen LogP contribution >= 0.6 is 12.3 Å². The first-order valence-electron chi connectivity index (χ1n) is 0.333. The fourth-order valence-corrected chi connectivity index (χ4v) is 0. The maximum absolute atomic E-state index is 8.29. The molecule has 0 spiro atoms. The van der Waals surface area contributed by atoms with Gasteiger partial charge in [0, 0.05) is 0 Å². The van der Waals surface area contributed by atoms with Gasteiger partial charge < -0.3 is 21.4 Å². The van der Waals surface area contributed by atoms with Crippen LogP contribution in [0.25, 0.3) is 0 Å². The molecule has 0 saturated heterocycles. The van der Waals surface area contributed by atoms with E-state index in [1.54, 1.807) is 0 Å². The Morgan fingerprint density at radius 2 is 1.25 bits per heavy atom. The summed E-state index contributed by atoms with van der Waals surface area (Å²) in [5, 5.41) is 0. The second kappa shape index (κ2) is 9.24. The molecule has 0 aliphatic heterocycles. The summed E-state index contributed by atoms with van der Waals surface area (Å²) in [7, 11) is 0. The molecule has 4 heavy (non-hydrogen) atoms. The van der Waals surface area contributed by atoms with Crippen molar-refractivity contribution in [2.24, 2.45) is 0 Å². The van der Waals surface area contributed by atoms with Crippen molar-refractivity contribution < 1.29 is 25.6 Å². The third kappa shape index (κ3) is 14.7. The third-order valence-corrected chi connectivity index (χ3v) is 0. The minimum Gasteiger partial charge on any atom is -0.811 e. The molecule has 4 heteroatoms. The van der Waals surface area contributed by atoms with Crippen LogP contribution in [0.5, 0.6) is 0 Å². The van der Waals surface area contributed by atoms with Gasteiger partial charge in [-0.1, -0.05) is 0 Å². The van der Waals surface area contributed by atoms with Gasteiger partial charge in [0.2, 0.25) is 0 Å². The largest absolute Gasteiger partial charge is 2.00 e. The molecule has 0 aliphatic rings. The van der Waals surface area contributed by atoms with Gasteiger partial charge in [-0.3, -0.25) is 0 Å². The maximum Gasteiger partial charge on any atom is 2.00 e. The standard InChI is InChI=1S/Ni.H2O2S/c;1-3-2/h;1-2H/q+2;/p-2. The second-order valence-corrected chi connectivity index (χ2v) is 0.204. The van der Waals surface area contributed by atoms with E-state index in [4.69, 9.17) is 9.11 Å². The van der Waals surface area contributed by atoms with Gasteiger partial charge in [0.15, 0.2) is 0 Å². The fourth-order valence-electron chi connectivity index (χ4n) is 0. The summed E-state index contributed by atoms with van der Waals surface area (Å²) in [5.74, 6) is 0. The van der Waals surface area contributed by atoms with Crippen molar-refractivity contribution in [3.8, 4) is 0 Å². The van der Waals surface area contributed by atoms with Crippen LogP contribution in [-0.2, 0) is 16.5 Å². The van der Waals surface area contributed by atoms with Crippen LogP contribution < -0.4 is 0 Å². The number of hydrogen-bond acceptors (Lipinski definition) is 3. The van der Waals surface area contributed by atoms with Crippen molar-refractivity contribution in [2.45, 2.75) is 0 Å². The molecule has 0 aromatic heterocycles. The van der Waals surface area contributed by atoms with Crippen molar-refractivity contribution in [1.29, 1.82) is 0 Å². The zero-order valence-electron chi connectivity index (χ0n) is 1.54. The zero-order chi connectivity index (χ0) is 2.71. The van der Waals surface area contributed by atoms with Crippen LogP contribution in [0, 0.1) is 0 Å². The van der Waals surface area contributed by atoms with Crippen molar-refractivity contribution in [1.82, 2.24) is 0 Å². The molecular weight excluding hydrogens is 123 g/mol. The molecule has 0 rings (SSSR count). The van der Waals surface area contributed by atoms with Crippen molar-refractivity contribution in [2.75, 3.05) is 0 Å². The van der Waals surface area contributed by atoms with Gasteiger partial charge in [-0.25, -0.2) is 0 Å². The van der Waals surface area contributed by atoms with Gasteiger partial charge in [0.25, 0.3) is 0 Å². The maximum atomic E-state index is 8.29. The van der Waals surface area contributed by atoms with Gasteiger partial charge in [0.1, 0.15) is 0 Å². The second-order valence-electron chi connectivity index (χ2n) is 0.0680. The molecule has 0 fully saturated rings. The molecule has 0 aromatic carbocycles. The minimum atomic E-state index is -0.750. The topological polar surface area (TPSA) is 46.1 Å². The molecule has 0 aliphatic carbocycles. The van der Waals surface area contributed by atoms with Crippen molar-refractivity contribution in [3.05, 3.63) is 0 Å². The van der Waals surface area contributed by atoms with Gasteiger partial charge in [0.05, 0.1) is 0 Å². The zero-order valence-corrected chi connectivity index (χ0v) is 3.35. The first kappa shape index (κ1) is 8.83. The van der Waals surface area contributed by atoms with E-state index in [1.165, 1.54) is 0 Å². The Kier molecular flexibility index (Phi) is 20.4. The van der Waals surface area contributed by atoms with Crippen LogP contribution in [-0.4, -0.2) is 9.11 Å². The van der Waals surface area contributed by atoms with Gasteiger partial charge in [-0.05, 0) is 0 Å². The number of hydrogen-bond donors (Lipinski definition) is 0. The average Bonchev–Trinajstić information content (AvgIpc) is 0.918. The first-order valence-corrected chi connectivity index (χ1v) is 1.00. The van der Waals surface area contributed by atoms with Crippen LogP contribution in [0.3, 0.4) is 0 Å². The SMILES string of the molecule is [Ni+2].[O-]S[O-]. The molecule has 28 valence electrons. The van der Waals surface area contributed by atoms with E-state index in [1.807, 2.05) is 0 Å². The van der Waals surface area contributed by atoms with Crippen molar-refractivity contribution in [3.63, 3.8) is 0 Å². The molecule has 0 amide bonds. The summed E-state index contributed by atoms with van der Waals surface area (Å²) in [4.78, 5) is 0. The summed E-state index contributed by atoms with van der Waals surface area (Å²) < 4.78 is 16.6. The minimum absolute atomic E-state index is 0. The molecule has 0 aromatic rings. The molecule has 0 N–H and O–H groups in total. The molecule has 0 atom stereocenters. The summed E-state index contributed by atoms with van der Waals surface area (Å²) in [6.07, 6.45) is 0. The van der Waals surface area contributed by atoms with E-state index >= 15 is 0 Å².